The van der Waals surface area contributed by atoms with Gasteiger partial charge in [-0.1, -0.05) is 11.6 Å². The maximum atomic E-state index is 12.9. The Hall–Kier alpha value is -1.01. The standard InChI is InChI=1S/C9H9ClFNO3S/c10-6-3-8(9(13)4-7(6)11)12-16(14,15)5-1-2-5/h3-5,12-13H,1-2H2. The SMILES string of the molecule is O=S(=O)(Nc1cc(Cl)c(F)cc1O)C1CC1. The molecule has 16 heavy (non-hydrogen) atoms. The molecule has 1 aliphatic rings. The first kappa shape index (κ1) is 11.5. The van der Waals surface area contributed by atoms with E-state index < -0.39 is 26.8 Å². The first-order chi connectivity index (χ1) is 7.40. The maximum Gasteiger partial charge on any atom is 0.235 e. The van der Waals surface area contributed by atoms with Crippen molar-refractivity contribution in [3.8, 4) is 5.75 Å². The highest BCUT2D eigenvalue weighted by Crippen LogP contribution is 2.34. The number of halogens is 2. The van der Waals surface area contributed by atoms with E-state index in [1.807, 2.05) is 0 Å². The Balaban J connectivity index is 2.31. The van der Waals surface area contributed by atoms with Crippen molar-refractivity contribution in [2.24, 2.45) is 0 Å². The predicted octanol–water partition coefficient (Wildman–Crippen LogP) is 2.09. The van der Waals surface area contributed by atoms with E-state index in [0.29, 0.717) is 12.8 Å². The topological polar surface area (TPSA) is 66.4 Å². The van der Waals surface area contributed by atoms with Gasteiger partial charge in [0.1, 0.15) is 11.6 Å². The molecule has 0 saturated heterocycles. The average molecular weight is 266 g/mol. The van der Waals surface area contributed by atoms with Crippen LogP contribution < -0.4 is 4.72 Å². The summed E-state index contributed by atoms with van der Waals surface area (Å²) in [6.45, 7) is 0. The van der Waals surface area contributed by atoms with E-state index in [0.717, 1.165) is 12.1 Å². The molecule has 0 bridgehead atoms. The molecule has 4 nitrogen and oxygen atoms in total. The second-order valence-corrected chi connectivity index (χ2v) is 6.00. The highest BCUT2D eigenvalue weighted by Gasteiger charge is 2.36. The normalized spacial score (nSPS) is 16.1. The summed E-state index contributed by atoms with van der Waals surface area (Å²) >= 11 is 5.49. The van der Waals surface area contributed by atoms with Crippen LogP contribution in [-0.4, -0.2) is 18.8 Å². The molecule has 1 aliphatic carbocycles. The minimum atomic E-state index is -3.48. The van der Waals surface area contributed by atoms with Gasteiger partial charge in [0.05, 0.1) is 16.0 Å². The Morgan fingerprint density at radius 1 is 1.44 bits per heavy atom. The molecule has 88 valence electrons. The number of phenols is 1. The Morgan fingerprint density at radius 2 is 2.06 bits per heavy atom. The molecule has 7 heteroatoms. The number of rotatable bonds is 3. The van der Waals surface area contributed by atoms with Gasteiger partial charge in [-0.15, -0.1) is 0 Å². The number of nitrogens with one attached hydrogen (secondary N) is 1. The number of hydrogen-bond donors (Lipinski definition) is 2. The van der Waals surface area contributed by atoms with Gasteiger partial charge in [0.2, 0.25) is 10.0 Å². The number of sulfonamides is 1. The lowest BCUT2D eigenvalue weighted by Gasteiger charge is -2.09. The van der Waals surface area contributed by atoms with Crippen LogP contribution in [0.1, 0.15) is 12.8 Å². The zero-order valence-corrected chi connectivity index (χ0v) is 9.65. The van der Waals surface area contributed by atoms with Gasteiger partial charge in [-0.2, -0.15) is 0 Å². The van der Waals surface area contributed by atoms with Crippen molar-refractivity contribution in [3.05, 3.63) is 23.0 Å². The van der Waals surface area contributed by atoms with Gasteiger partial charge in [0.25, 0.3) is 0 Å². The van der Waals surface area contributed by atoms with Crippen molar-refractivity contribution in [1.82, 2.24) is 0 Å². The van der Waals surface area contributed by atoms with E-state index in [1.165, 1.54) is 0 Å². The quantitative estimate of drug-likeness (QED) is 0.823. The van der Waals surface area contributed by atoms with Gasteiger partial charge >= 0.3 is 0 Å². The molecule has 0 amide bonds. The van der Waals surface area contributed by atoms with Gasteiger partial charge in [-0.05, 0) is 18.9 Å². The smallest absolute Gasteiger partial charge is 0.235 e. The van der Waals surface area contributed by atoms with E-state index in [9.17, 15) is 17.9 Å². The van der Waals surface area contributed by atoms with Crippen molar-refractivity contribution in [2.45, 2.75) is 18.1 Å². The third-order valence-electron chi connectivity index (χ3n) is 2.25. The van der Waals surface area contributed by atoms with Gasteiger partial charge in [-0.25, -0.2) is 12.8 Å². The summed E-state index contributed by atoms with van der Waals surface area (Å²) < 4.78 is 38.2. The lowest BCUT2D eigenvalue weighted by molar-refractivity contribution is 0.471. The van der Waals surface area contributed by atoms with Crippen LogP contribution >= 0.6 is 11.6 Å². The minimum Gasteiger partial charge on any atom is -0.506 e. The molecule has 0 aliphatic heterocycles. The molecule has 1 aromatic carbocycles. The van der Waals surface area contributed by atoms with Gasteiger partial charge in [0.15, 0.2) is 0 Å². The third-order valence-corrected chi connectivity index (χ3v) is 4.40. The number of anilines is 1. The van der Waals surface area contributed by atoms with Gasteiger partial charge in [-0.3, -0.25) is 4.72 Å². The number of phenolic OH excluding ortho intramolecular Hbond substituents is 1. The minimum absolute atomic E-state index is 0.0988. The largest absolute Gasteiger partial charge is 0.506 e. The van der Waals surface area contributed by atoms with Crippen LogP contribution in [0.2, 0.25) is 5.02 Å². The van der Waals surface area contributed by atoms with Crippen LogP contribution in [-0.2, 0) is 10.0 Å². The van der Waals surface area contributed by atoms with Gasteiger partial charge in [0, 0.05) is 6.07 Å². The summed E-state index contributed by atoms with van der Waals surface area (Å²) in [5.41, 5.74) is -0.0988. The fourth-order valence-corrected chi connectivity index (χ4v) is 2.79. The highest BCUT2D eigenvalue weighted by molar-refractivity contribution is 7.93. The molecule has 0 atom stereocenters. The number of aromatic hydroxyl groups is 1. The van der Waals surface area contributed by atoms with Crippen LogP contribution in [0.3, 0.4) is 0 Å². The van der Waals surface area contributed by atoms with E-state index in [4.69, 9.17) is 11.6 Å². The molecule has 0 radical (unpaired) electrons. The molecule has 2 N–H and O–H groups in total. The average Bonchev–Trinajstić information content (AvgIpc) is 2.96. The first-order valence-electron chi connectivity index (χ1n) is 4.60. The summed E-state index contributed by atoms with van der Waals surface area (Å²) in [7, 11) is -3.48. The Morgan fingerprint density at radius 3 is 2.62 bits per heavy atom. The Bertz CT molecular complexity index is 528. The van der Waals surface area contributed by atoms with Crippen LogP contribution in [0.15, 0.2) is 12.1 Å². The lowest BCUT2D eigenvalue weighted by atomic mass is 10.3. The van der Waals surface area contributed by atoms with Crippen molar-refractivity contribution < 1.29 is 17.9 Å². The van der Waals surface area contributed by atoms with Crippen LogP contribution in [0.25, 0.3) is 0 Å². The fourth-order valence-electron chi connectivity index (χ4n) is 1.23. The van der Waals surface area contributed by atoms with Crippen molar-refractivity contribution in [3.63, 3.8) is 0 Å². The van der Waals surface area contributed by atoms with Crippen molar-refractivity contribution in [1.29, 1.82) is 0 Å². The van der Waals surface area contributed by atoms with E-state index >= 15 is 0 Å². The maximum absolute atomic E-state index is 12.9. The second-order valence-electron chi connectivity index (χ2n) is 3.63. The molecule has 1 saturated carbocycles. The summed E-state index contributed by atoms with van der Waals surface area (Å²) in [5, 5.41) is 8.69. The zero-order chi connectivity index (χ0) is 11.9. The number of benzene rings is 1. The van der Waals surface area contributed by atoms with Crippen molar-refractivity contribution in [2.75, 3.05) is 4.72 Å². The zero-order valence-electron chi connectivity index (χ0n) is 8.07. The summed E-state index contributed by atoms with van der Waals surface area (Å²) in [6.07, 6.45) is 1.20. The summed E-state index contributed by atoms with van der Waals surface area (Å²) in [5.74, 6) is -1.28. The molecular formula is C9H9ClFNO3S. The summed E-state index contributed by atoms with van der Waals surface area (Å²) in [6, 6.07) is 1.82. The van der Waals surface area contributed by atoms with Crippen LogP contribution in [0.4, 0.5) is 10.1 Å². The predicted molar refractivity (Wildman–Crippen MR) is 58.6 cm³/mol. The highest BCUT2D eigenvalue weighted by atomic mass is 35.5. The molecule has 1 aromatic rings. The van der Waals surface area contributed by atoms with Crippen LogP contribution in [0.5, 0.6) is 5.75 Å². The lowest BCUT2D eigenvalue weighted by Crippen LogP contribution is -2.17. The fraction of sp³-hybridized carbons (Fsp3) is 0.333. The monoisotopic (exact) mass is 265 g/mol. The van der Waals surface area contributed by atoms with Gasteiger partial charge < -0.3 is 5.11 Å². The molecule has 1 fully saturated rings. The molecule has 2 rings (SSSR count). The van der Waals surface area contributed by atoms with E-state index in [-0.39, 0.29) is 10.7 Å². The molecule has 0 unspecified atom stereocenters. The first-order valence-corrected chi connectivity index (χ1v) is 6.52. The molecular weight excluding hydrogens is 257 g/mol. The Kier molecular flexibility index (Phi) is 2.71. The van der Waals surface area contributed by atoms with Crippen molar-refractivity contribution >= 4 is 27.3 Å². The second kappa shape index (κ2) is 3.78. The summed E-state index contributed by atoms with van der Waals surface area (Å²) in [4.78, 5) is 0. The van der Waals surface area contributed by atoms with E-state index in [1.54, 1.807) is 0 Å². The molecule has 0 aromatic heterocycles. The molecule has 0 heterocycles. The Labute approximate surface area is 97.1 Å². The van der Waals surface area contributed by atoms with Crippen LogP contribution in [0, 0.1) is 5.82 Å². The third kappa shape index (κ3) is 2.22. The number of hydrogen-bond acceptors (Lipinski definition) is 3. The van der Waals surface area contributed by atoms with E-state index in [2.05, 4.69) is 4.72 Å². The molecule has 0 spiro atoms.